The van der Waals surface area contributed by atoms with Crippen molar-refractivity contribution in [1.29, 1.82) is 0 Å². The molecule has 0 fully saturated rings. The highest BCUT2D eigenvalue weighted by Crippen LogP contribution is 2.34. The summed E-state index contributed by atoms with van der Waals surface area (Å²) in [6, 6.07) is 11.2. The van der Waals surface area contributed by atoms with Crippen molar-refractivity contribution in [2.45, 2.75) is 58.3 Å². The van der Waals surface area contributed by atoms with Gasteiger partial charge in [0.2, 0.25) is 0 Å². The molecule has 1 N–H and O–H groups in total. The highest BCUT2D eigenvalue weighted by Gasteiger charge is 2.21. The van der Waals surface area contributed by atoms with Gasteiger partial charge in [0.05, 0.1) is 10.6 Å². The summed E-state index contributed by atoms with van der Waals surface area (Å²) in [6.45, 7) is 12.2. The summed E-state index contributed by atoms with van der Waals surface area (Å²) in [5, 5.41) is 0. The lowest BCUT2D eigenvalue weighted by atomic mass is 9.93. The maximum absolute atomic E-state index is 12.9. The summed E-state index contributed by atoms with van der Waals surface area (Å²) in [5.74, 6) is 0.474. The molecule has 130 valence electrons. The number of para-hydroxylation sites is 1. The lowest BCUT2D eigenvalue weighted by Gasteiger charge is -2.21. The fourth-order valence-corrected chi connectivity index (χ4v) is 3.94. The summed E-state index contributed by atoms with van der Waals surface area (Å²) in [4.78, 5) is 0.305. The van der Waals surface area contributed by atoms with Crippen molar-refractivity contribution < 1.29 is 8.42 Å². The predicted molar refractivity (Wildman–Crippen MR) is 101 cm³/mol. The van der Waals surface area contributed by atoms with Gasteiger partial charge in [0, 0.05) is 0 Å². The molecule has 24 heavy (non-hydrogen) atoms. The number of anilines is 1. The van der Waals surface area contributed by atoms with E-state index in [9.17, 15) is 8.42 Å². The molecule has 2 aromatic rings. The molecule has 0 heterocycles. The van der Waals surface area contributed by atoms with Gasteiger partial charge in [0.15, 0.2) is 0 Å². The van der Waals surface area contributed by atoms with Crippen molar-refractivity contribution in [1.82, 2.24) is 0 Å². The van der Waals surface area contributed by atoms with Crippen LogP contribution in [0.15, 0.2) is 41.3 Å². The zero-order valence-corrected chi connectivity index (χ0v) is 16.2. The Labute approximate surface area is 146 Å². The zero-order valence-electron chi connectivity index (χ0n) is 15.3. The second-order valence-corrected chi connectivity index (χ2v) is 8.65. The van der Waals surface area contributed by atoms with E-state index in [-0.39, 0.29) is 11.8 Å². The molecule has 4 heteroatoms. The first-order valence-electron chi connectivity index (χ1n) is 8.36. The molecular formula is C20H27NO2S. The van der Waals surface area contributed by atoms with Crippen LogP contribution in [0.1, 0.15) is 61.8 Å². The second kappa shape index (κ2) is 6.98. The van der Waals surface area contributed by atoms with E-state index in [0.29, 0.717) is 4.90 Å². The van der Waals surface area contributed by atoms with E-state index < -0.39 is 10.0 Å². The highest BCUT2D eigenvalue weighted by molar-refractivity contribution is 7.92. The van der Waals surface area contributed by atoms with E-state index in [1.54, 1.807) is 12.1 Å². The Bertz CT molecular complexity index is 810. The number of nitrogens with one attached hydrogen (secondary N) is 1. The smallest absolute Gasteiger partial charge is 0.261 e. The van der Waals surface area contributed by atoms with Crippen LogP contribution in [0.5, 0.6) is 0 Å². The number of hydrogen-bond acceptors (Lipinski definition) is 2. The van der Waals surface area contributed by atoms with Crippen molar-refractivity contribution >= 4 is 15.7 Å². The van der Waals surface area contributed by atoms with Crippen LogP contribution in [-0.4, -0.2) is 8.42 Å². The Kier molecular flexibility index (Phi) is 5.38. The Morgan fingerprint density at radius 1 is 0.833 bits per heavy atom. The van der Waals surface area contributed by atoms with Crippen LogP contribution in [0.25, 0.3) is 0 Å². The Balaban J connectivity index is 2.54. The Morgan fingerprint density at radius 3 is 1.83 bits per heavy atom. The van der Waals surface area contributed by atoms with Gasteiger partial charge in [-0.25, -0.2) is 8.42 Å². The summed E-state index contributed by atoms with van der Waals surface area (Å²) >= 11 is 0. The fraction of sp³-hybridized carbons (Fsp3) is 0.400. The van der Waals surface area contributed by atoms with Gasteiger partial charge in [-0.15, -0.1) is 0 Å². The van der Waals surface area contributed by atoms with Crippen LogP contribution in [0.3, 0.4) is 0 Å². The molecule has 0 radical (unpaired) electrons. The molecule has 0 aliphatic rings. The number of aryl methyl sites for hydroxylation is 2. The minimum Gasteiger partial charge on any atom is -0.279 e. The van der Waals surface area contributed by atoms with Gasteiger partial charge in [0.25, 0.3) is 10.0 Å². The molecule has 0 aliphatic heterocycles. The van der Waals surface area contributed by atoms with Crippen LogP contribution in [0, 0.1) is 13.8 Å². The van der Waals surface area contributed by atoms with Crippen LogP contribution < -0.4 is 4.72 Å². The van der Waals surface area contributed by atoms with Gasteiger partial charge in [0.1, 0.15) is 0 Å². The average molecular weight is 346 g/mol. The third-order valence-corrected chi connectivity index (χ3v) is 5.75. The molecule has 0 aliphatic carbocycles. The van der Waals surface area contributed by atoms with Gasteiger partial charge in [-0.05, 0) is 60.1 Å². The maximum atomic E-state index is 12.9. The average Bonchev–Trinajstić information content (AvgIpc) is 2.49. The highest BCUT2D eigenvalue weighted by atomic mass is 32.2. The van der Waals surface area contributed by atoms with Crippen LogP contribution >= 0.6 is 0 Å². The van der Waals surface area contributed by atoms with E-state index in [4.69, 9.17) is 0 Å². The molecule has 0 spiro atoms. The Morgan fingerprint density at radius 2 is 1.38 bits per heavy atom. The molecular weight excluding hydrogens is 318 g/mol. The predicted octanol–water partition coefficient (Wildman–Crippen LogP) is 5.35. The third-order valence-electron chi connectivity index (χ3n) is 4.40. The SMILES string of the molecule is Cc1ccc(S(=O)(=O)Nc2c(C(C)C)cccc2C(C)C)cc1C. The Hall–Kier alpha value is -1.81. The monoisotopic (exact) mass is 345 g/mol. The van der Waals surface area contributed by atoms with Gasteiger partial charge in [-0.1, -0.05) is 52.0 Å². The number of sulfonamides is 1. The summed E-state index contributed by atoms with van der Waals surface area (Å²) in [6.07, 6.45) is 0. The van der Waals surface area contributed by atoms with Gasteiger partial charge < -0.3 is 0 Å². The lowest BCUT2D eigenvalue weighted by molar-refractivity contribution is 0.601. The molecule has 0 bridgehead atoms. The largest absolute Gasteiger partial charge is 0.279 e. The van der Waals surface area contributed by atoms with E-state index >= 15 is 0 Å². The molecule has 0 atom stereocenters. The number of rotatable bonds is 5. The fourth-order valence-electron chi connectivity index (χ4n) is 2.74. The first-order chi connectivity index (χ1) is 11.1. The second-order valence-electron chi connectivity index (χ2n) is 6.97. The topological polar surface area (TPSA) is 46.2 Å². The lowest BCUT2D eigenvalue weighted by Crippen LogP contribution is -2.17. The minimum absolute atomic E-state index is 0.237. The zero-order chi connectivity index (χ0) is 18.1. The van der Waals surface area contributed by atoms with Crippen molar-refractivity contribution in [3.05, 3.63) is 58.7 Å². The van der Waals surface area contributed by atoms with Crippen molar-refractivity contribution in [2.75, 3.05) is 4.72 Å². The number of benzene rings is 2. The summed E-state index contributed by atoms with van der Waals surface area (Å²) in [7, 11) is -3.61. The van der Waals surface area contributed by atoms with Gasteiger partial charge >= 0.3 is 0 Å². The molecule has 3 nitrogen and oxygen atoms in total. The summed E-state index contributed by atoms with van der Waals surface area (Å²) in [5.41, 5.74) is 4.82. The van der Waals surface area contributed by atoms with Crippen molar-refractivity contribution in [2.24, 2.45) is 0 Å². The molecule has 2 rings (SSSR count). The van der Waals surface area contributed by atoms with Crippen molar-refractivity contribution in [3.63, 3.8) is 0 Å². The van der Waals surface area contributed by atoms with E-state index in [1.165, 1.54) is 0 Å². The first-order valence-corrected chi connectivity index (χ1v) is 9.84. The minimum atomic E-state index is -3.61. The van der Waals surface area contributed by atoms with Crippen LogP contribution in [-0.2, 0) is 10.0 Å². The molecule has 0 saturated carbocycles. The first kappa shape index (κ1) is 18.5. The van der Waals surface area contributed by atoms with Crippen LogP contribution in [0.4, 0.5) is 5.69 Å². The molecule has 0 saturated heterocycles. The normalized spacial score (nSPS) is 12.0. The molecule has 2 aromatic carbocycles. The standard InChI is InChI=1S/C20H27NO2S/c1-13(2)18-8-7-9-19(14(3)4)20(18)21-24(22,23)17-11-10-15(5)16(6)12-17/h7-14,21H,1-6H3. The van der Waals surface area contributed by atoms with E-state index in [0.717, 1.165) is 27.9 Å². The number of hydrogen-bond donors (Lipinski definition) is 1. The summed E-state index contributed by atoms with van der Waals surface area (Å²) < 4.78 is 28.7. The third kappa shape index (κ3) is 3.81. The molecule has 0 amide bonds. The van der Waals surface area contributed by atoms with Gasteiger partial charge in [-0.2, -0.15) is 0 Å². The van der Waals surface area contributed by atoms with E-state index in [1.807, 2.05) is 38.1 Å². The van der Waals surface area contributed by atoms with Crippen molar-refractivity contribution in [3.8, 4) is 0 Å². The quantitative estimate of drug-likeness (QED) is 0.794. The van der Waals surface area contributed by atoms with Gasteiger partial charge in [-0.3, -0.25) is 4.72 Å². The maximum Gasteiger partial charge on any atom is 0.261 e. The molecule has 0 aromatic heterocycles. The van der Waals surface area contributed by atoms with E-state index in [2.05, 4.69) is 32.4 Å². The van der Waals surface area contributed by atoms with Crippen LogP contribution in [0.2, 0.25) is 0 Å². The molecule has 0 unspecified atom stereocenters.